The van der Waals surface area contributed by atoms with Crippen molar-refractivity contribution in [1.29, 1.82) is 0 Å². The van der Waals surface area contributed by atoms with E-state index in [-0.39, 0.29) is 17.3 Å². The number of furan rings is 1. The Labute approximate surface area is 173 Å². The standard InChI is InChI=1S/C20H22N4O5S/c1-14-22-19(24-29-14)20(10-2-3-11-20)23-18(25)15-6-8-17(9-7-15)30(26,27)21-13-16-5-4-12-28-16/h4-9,12,21H,2-3,10-11,13H2,1H3,(H,23,25). The average molecular weight is 430 g/mol. The molecular formula is C20H22N4O5S. The molecule has 1 aliphatic rings. The maximum absolute atomic E-state index is 12.9. The largest absolute Gasteiger partial charge is 0.468 e. The van der Waals surface area contributed by atoms with Crippen molar-refractivity contribution in [2.75, 3.05) is 0 Å². The first-order valence-electron chi connectivity index (χ1n) is 9.63. The maximum Gasteiger partial charge on any atom is 0.252 e. The molecule has 10 heteroatoms. The Kier molecular flexibility index (Phi) is 5.44. The van der Waals surface area contributed by atoms with Crippen LogP contribution < -0.4 is 10.0 Å². The van der Waals surface area contributed by atoms with Gasteiger partial charge in [-0.25, -0.2) is 13.1 Å². The van der Waals surface area contributed by atoms with Crippen LogP contribution in [0.3, 0.4) is 0 Å². The third-order valence-corrected chi connectivity index (χ3v) is 6.63. The van der Waals surface area contributed by atoms with Crippen LogP contribution in [0.4, 0.5) is 0 Å². The summed E-state index contributed by atoms with van der Waals surface area (Å²) in [7, 11) is -3.73. The van der Waals surface area contributed by atoms with Crippen molar-refractivity contribution in [3.05, 3.63) is 65.7 Å². The van der Waals surface area contributed by atoms with Gasteiger partial charge in [0, 0.05) is 12.5 Å². The summed E-state index contributed by atoms with van der Waals surface area (Å²) in [5.41, 5.74) is -0.309. The smallest absolute Gasteiger partial charge is 0.252 e. The zero-order chi connectivity index (χ0) is 21.2. The normalized spacial score (nSPS) is 15.9. The predicted octanol–water partition coefficient (Wildman–Crippen LogP) is 2.65. The Morgan fingerprint density at radius 1 is 1.17 bits per heavy atom. The molecule has 0 unspecified atom stereocenters. The monoisotopic (exact) mass is 430 g/mol. The minimum absolute atomic E-state index is 0.0458. The summed E-state index contributed by atoms with van der Waals surface area (Å²) in [4.78, 5) is 17.2. The Morgan fingerprint density at radius 2 is 1.90 bits per heavy atom. The highest BCUT2D eigenvalue weighted by Gasteiger charge is 2.41. The molecule has 1 fully saturated rings. The van der Waals surface area contributed by atoms with Gasteiger partial charge in [0.05, 0.1) is 17.7 Å². The van der Waals surface area contributed by atoms with Gasteiger partial charge in [0.25, 0.3) is 5.91 Å². The summed E-state index contributed by atoms with van der Waals surface area (Å²) < 4.78 is 37.6. The molecule has 1 aliphatic carbocycles. The summed E-state index contributed by atoms with van der Waals surface area (Å²) in [5.74, 6) is 1.12. The minimum atomic E-state index is -3.73. The van der Waals surface area contributed by atoms with Crippen LogP contribution in [0.1, 0.15) is 53.5 Å². The van der Waals surface area contributed by atoms with E-state index in [0.717, 1.165) is 25.7 Å². The third-order valence-electron chi connectivity index (χ3n) is 5.21. The van der Waals surface area contributed by atoms with Crippen LogP contribution in [0.2, 0.25) is 0 Å². The highest BCUT2D eigenvalue weighted by atomic mass is 32.2. The van der Waals surface area contributed by atoms with E-state index < -0.39 is 15.6 Å². The predicted molar refractivity (Wildman–Crippen MR) is 106 cm³/mol. The number of nitrogens with zero attached hydrogens (tertiary/aromatic N) is 2. The fourth-order valence-electron chi connectivity index (χ4n) is 3.61. The van der Waals surface area contributed by atoms with Crippen molar-refractivity contribution < 1.29 is 22.2 Å². The van der Waals surface area contributed by atoms with E-state index in [2.05, 4.69) is 20.2 Å². The van der Waals surface area contributed by atoms with E-state index in [9.17, 15) is 13.2 Å². The summed E-state index contributed by atoms with van der Waals surface area (Å²) in [6.07, 6.45) is 4.82. The number of rotatable bonds is 7. The second-order valence-corrected chi connectivity index (χ2v) is 9.08. The molecule has 0 spiro atoms. The molecule has 2 heterocycles. The molecular weight excluding hydrogens is 408 g/mol. The number of aromatic nitrogens is 2. The molecule has 0 saturated heterocycles. The minimum Gasteiger partial charge on any atom is -0.468 e. The molecule has 0 radical (unpaired) electrons. The first-order valence-corrected chi connectivity index (χ1v) is 11.1. The number of sulfonamides is 1. The molecule has 0 atom stereocenters. The number of benzene rings is 1. The van der Waals surface area contributed by atoms with Crippen molar-refractivity contribution in [1.82, 2.24) is 20.2 Å². The van der Waals surface area contributed by atoms with E-state index in [1.165, 1.54) is 30.5 Å². The lowest BCUT2D eigenvalue weighted by molar-refractivity contribution is 0.0892. The van der Waals surface area contributed by atoms with E-state index in [0.29, 0.717) is 23.0 Å². The molecule has 30 heavy (non-hydrogen) atoms. The van der Waals surface area contributed by atoms with Crippen LogP contribution >= 0.6 is 0 Å². The van der Waals surface area contributed by atoms with Gasteiger partial charge in [0.1, 0.15) is 11.3 Å². The van der Waals surface area contributed by atoms with E-state index in [1.807, 2.05) is 0 Å². The molecule has 1 aromatic carbocycles. The topological polar surface area (TPSA) is 127 Å². The van der Waals surface area contributed by atoms with E-state index in [1.54, 1.807) is 19.1 Å². The van der Waals surface area contributed by atoms with Crippen LogP contribution in [0.5, 0.6) is 0 Å². The first-order chi connectivity index (χ1) is 14.4. The fraction of sp³-hybridized carbons (Fsp3) is 0.350. The van der Waals surface area contributed by atoms with Crippen molar-refractivity contribution in [2.24, 2.45) is 0 Å². The molecule has 9 nitrogen and oxygen atoms in total. The van der Waals surface area contributed by atoms with Gasteiger partial charge in [0.2, 0.25) is 15.9 Å². The van der Waals surface area contributed by atoms with Crippen LogP contribution in [-0.4, -0.2) is 24.5 Å². The van der Waals surface area contributed by atoms with Gasteiger partial charge in [-0.15, -0.1) is 0 Å². The summed E-state index contributed by atoms with van der Waals surface area (Å²) in [6, 6.07) is 9.14. The van der Waals surface area contributed by atoms with E-state index >= 15 is 0 Å². The molecule has 158 valence electrons. The van der Waals surface area contributed by atoms with Crippen molar-refractivity contribution >= 4 is 15.9 Å². The van der Waals surface area contributed by atoms with Crippen LogP contribution in [0.25, 0.3) is 0 Å². The lowest BCUT2D eigenvalue weighted by atomic mass is 9.96. The van der Waals surface area contributed by atoms with Crippen molar-refractivity contribution in [3.8, 4) is 0 Å². The van der Waals surface area contributed by atoms with Gasteiger partial charge < -0.3 is 14.3 Å². The Hall–Kier alpha value is -2.98. The summed E-state index contributed by atoms with van der Waals surface area (Å²) in [5, 5.41) is 7.05. The fourth-order valence-corrected chi connectivity index (χ4v) is 4.61. The van der Waals surface area contributed by atoms with Gasteiger partial charge in [-0.3, -0.25) is 4.79 Å². The van der Waals surface area contributed by atoms with Crippen molar-refractivity contribution in [3.63, 3.8) is 0 Å². The molecule has 3 aromatic rings. The Bertz CT molecular complexity index is 1110. The zero-order valence-corrected chi connectivity index (χ0v) is 17.2. The molecule has 2 aromatic heterocycles. The second-order valence-electron chi connectivity index (χ2n) is 7.31. The molecule has 4 rings (SSSR count). The zero-order valence-electron chi connectivity index (χ0n) is 16.4. The van der Waals surface area contributed by atoms with Gasteiger partial charge in [-0.05, 0) is 49.2 Å². The van der Waals surface area contributed by atoms with Crippen LogP contribution in [0, 0.1) is 6.92 Å². The molecule has 0 aliphatic heterocycles. The summed E-state index contributed by atoms with van der Waals surface area (Å²) in [6.45, 7) is 1.75. The lowest BCUT2D eigenvalue weighted by Gasteiger charge is -2.26. The molecule has 2 N–H and O–H groups in total. The second kappa shape index (κ2) is 8.04. The number of carbonyl (C=O) groups is 1. The summed E-state index contributed by atoms with van der Waals surface area (Å²) >= 11 is 0. The number of carbonyl (C=O) groups excluding carboxylic acids is 1. The lowest BCUT2D eigenvalue weighted by Crippen LogP contribution is -2.44. The van der Waals surface area contributed by atoms with Gasteiger partial charge in [0.15, 0.2) is 5.82 Å². The maximum atomic E-state index is 12.9. The highest BCUT2D eigenvalue weighted by molar-refractivity contribution is 7.89. The molecule has 0 bridgehead atoms. The first kappa shape index (κ1) is 20.3. The average Bonchev–Trinajstić information content (AvgIpc) is 3.49. The van der Waals surface area contributed by atoms with Gasteiger partial charge in [-0.2, -0.15) is 4.98 Å². The Morgan fingerprint density at radius 3 is 2.50 bits per heavy atom. The number of aryl methyl sites for hydroxylation is 1. The number of hydrogen-bond acceptors (Lipinski definition) is 7. The van der Waals surface area contributed by atoms with Crippen LogP contribution in [-0.2, 0) is 22.1 Å². The number of amides is 1. The van der Waals surface area contributed by atoms with Crippen molar-refractivity contribution in [2.45, 2.75) is 49.6 Å². The molecule has 1 saturated carbocycles. The SMILES string of the molecule is Cc1nc(C2(NC(=O)c3ccc(S(=O)(=O)NCc4ccco4)cc3)CCCC2)no1. The van der Waals surface area contributed by atoms with Crippen LogP contribution in [0.15, 0.2) is 56.5 Å². The number of hydrogen-bond donors (Lipinski definition) is 2. The van der Waals surface area contributed by atoms with Gasteiger partial charge >= 0.3 is 0 Å². The quantitative estimate of drug-likeness (QED) is 0.590. The highest BCUT2D eigenvalue weighted by Crippen LogP contribution is 2.37. The Balaban J connectivity index is 1.47. The molecule has 1 amide bonds. The number of nitrogens with one attached hydrogen (secondary N) is 2. The third kappa shape index (κ3) is 4.14. The van der Waals surface area contributed by atoms with Gasteiger partial charge in [-0.1, -0.05) is 18.0 Å². The van der Waals surface area contributed by atoms with E-state index in [4.69, 9.17) is 8.94 Å².